The Kier molecular flexibility index (Phi) is 13.5. The van der Waals surface area contributed by atoms with Gasteiger partial charge in [0.25, 0.3) is 0 Å². The number of alkyl carbamates (subject to hydrolysis) is 1. The number of ether oxygens (including phenoxy) is 3. The minimum absolute atomic E-state index is 0.0651. The Morgan fingerprint density at radius 3 is 1.44 bits per heavy atom. The molecule has 2 aromatic heterocycles. The molecule has 4 aliphatic rings. The third-order valence-electron chi connectivity index (χ3n) is 12.1. The molecule has 4 fully saturated rings. The van der Waals surface area contributed by atoms with Crippen LogP contribution in [-0.2, 0) is 58.2 Å². The van der Waals surface area contributed by atoms with Gasteiger partial charge in [0.2, 0.25) is 20.0 Å². The van der Waals surface area contributed by atoms with Gasteiger partial charge in [-0.15, -0.1) is 0 Å². The van der Waals surface area contributed by atoms with Crippen LogP contribution in [-0.4, -0.2) is 121 Å². The van der Waals surface area contributed by atoms with Crippen LogP contribution in [0.2, 0.25) is 0 Å². The summed E-state index contributed by atoms with van der Waals surface area (Å²) in [4.78, 5) is 22.2. The van der Waals surface area contributed by atoms with Gasteiger partial charge in [0, 0.05) is 82.6 Å². The molecule has 1 amide bonds. The molecule has 0 saturated carbocycles. The molecule has 8 rings (SSSR count). The molecule has 4 aromatic rings. The molecule has 0 bridgehead atoms. The number of fused-ring (bicyclic) bond motifs is 2. The lowest BCUT2D eigenvalue weighted by atomic mass is 9.94. The van der Waals surface area contributed by atoms with E-state index in [1.165, 1.54) is 8.61 Å². The SMILES string of the molecule is CC(C)(C)OC(=O)NC1CN(S(=O)(=O)c2ccc3c(c2)nc(C(C)(C)C)n3CC2CCOCC2)C1.CC(C)(C)c1nc2cc(S(=O)(=O)N3CC(N)C3)ccc2n1CC1CCOCC1. The van der Waals surface area contributed by atoms with Crippen molar-refractivity contribution in [3.8, 4) is 0 Å². The number of nitrogens with one attached hydrogen (secondary N) is 1. The number of carbonyl (C=O) groups is 1. The monoisotopic (exact) mass is 912 g/mol. The van der Waals surface area contributed by atoms with Crippen LogP contribution in [0.25, 0.3) is 22.1 Å². The summed E-state index contributed by atoms with van der Waals surface area (Å²) in [5.74, 6) is 3.02. The van der Waals surface area contributed by atoms with E-state index >= 15 is 0 Å². The number of imidazole rings is 2. The van der Waals surface area contributed by atoms with Gasteiger partial charge in [-0.2, -0.15) is 8.61 Å². The lowest BCUT2D eigenvalue weighted by molar-refractivity contribution is 0.0459. The first-order valence-corrected chi connectivity index (χ1v) is 25.2. The second-order valence-corrected chi connectivity index (χ2v) is 24.6. The van der Waals surface area contributed by atoms with E-state index in [2.05, 4.69) is 56.0 Å². The summed E-state index contributed by atoms with van der Waals surface area (Å²) < 4.78 is 75.8. The number of hydrogen-bond acceptors (Lipinski definition) is 11. The van der Waals surface area contributed by atoms with Gasteiger partial charge in [-0.25, -0.2) is 31.6 Å². The van der Waals surface area contributed by atoms with Gasteiger partial charge >= 0.3 is 6.09 Å². The number of aromatic nitrogens is 4. The number of nitrogens with two attached hydrogens (primary N) is 1. The summed E-state index contributed by atoms with van der Waals surface area (Å²) in [7, 11) is -7.19. The minimum atomic E-state index is -3.69. The quantitative estimate of drug-likeness (QED) is 0.208. The van der Waals surface area contributed by atoms with E-state index in [-0.39, 0.29) is 40.9 Å². The number of hydrogen-bond donors (Lipinski definition) is 2. The first-order chi connectivity index (χ1) is 29.4. The van der Waals surface area contributed by atoms with Gasteiger partial charge in [-0.3, -0.25) is 0 Å². The third kappa shape index (κ3) is 10.7. The first kappa shape index (κ1) is 47.3. The van der Waals surface area contributed by atoms with Gasteiger partial charge in [-0.1, -0.05) is 41.5 Å². The van der Waals surface area contributed by atoms with Crippen LogP contribution in [0.15, 0.2) is 46.2 Å². The molecule has 0 unspecified atom stereocenters. The smallest absolute Gasteiger partial charge is 0.407 e. The molecule has 3 N–H and O–H groups in total. The lowest BCUT2D eigenvalue weighted by Crippen LogP contribution is -2.61. The van der Waals surface area contributed by atoms with E-state index in [0.29, 0.717) is 35.3 Å². The average molecular weight is 913 g/mol. The summed E-state index contributed by atoms with van der Waals surface area (Å²) in [6.45, 7) is 24.3. The highest BCUT2D eigenvalue weighted by Gasteiger charge is 2.39. The van der Waals surface area contributed by atoms with Gasteiger partial charge in [0.15, 0.2) is 0 Å². The summed E-state index contributed by atoms with van der Waals surface area (Å²) in [5.41, 5.74) is 8.22. The predicted molar refractivity (Wildman–Crippen MR) is 243 cm³/mol. The van der Waals surface area contributed by atoms with E-state index in [0.717, 1.165) is 93.4 Å². The van der Waals surface area contributed by atoms with Crippen molar-refractivity contribution in [3.05, 3.63) is 48.0 Å². The number of sulfonamides is 2. The van der Waals surface area contributed by atoms with E-state index in [1.54, 1.807) is 45.0 Å². The molecule has 0 radical (unpaired) electrons. The van der Waals surface area contributed by atoms with Crippen molar-refractivity contribution in [1.82, 2.24) is 33.0 Å². The number of carbonyl (C=O) groups excluding carboxylic acids is 1. The molecule has 4 saturated heterocycles. The van der Waals surface area contributed by atoms with Crippen molar-refractivity contribution in [3.63, 3.8) is 0 Å². The van der Waals surface area contributed by atoms with Crippen LogP contribution in [0.4, 0.5) is 4.79 Å². The molecular formula is C45H68N8O8S2. The molecule has 0 atom stereocenters. The normalized spacial score (nSPS) is 19.7. The Morgan fingerprint density at radius 1 is 0.683 bits per heavy atom. The predicted octanol–water partition coefficient (Wildman–Crippen LogP) is 5.75. The standard InChI is InChI=1S/C25H38N4O5S.C20H30N4O3S/c1-24(2,3)22-27-20-13-19(7-8-21(20)29(22)14-17-9-11-33-12-10-17)35(31,32)28-15-18(16-28)26-23(30)34-25(4,5)6;1-20(2,3)19-22-17-10-16(28(25,26)23-12-15(21)13-23)4-5-18(17)24(19)11-14-6-8-27-9-7-14/h7-8,13,17-18H,9-12,14-16H2,1-6H3,(H,26,30);4-5,10,14-15H,6-9,11-13,21H2,1-3H3. The zero-order valence-corrected chi connectivity index (χ0v) is 40.1. The van der Waals surface area contributed by atoms with Crippen molar-refractivity contribution in [2.45, 2.75) is 139 Å². The van der Waals surface area contributed by atoms with E-state index in [9.17, 15) is 21.6 Å². The maximum atomic E-state index is 13.3. The van der Waals surface area contributed by atoms with Crippen LogP contribution in [0, 0.1) is 11.8 Å². The van der Waals surface area contributed by atoms with Gasteiger partial charge < -0.3 is 34.4 Å². The molecular weight excluding hydrogens is 845 g/mol. The van der Waals surface area contributed by atoms with Crippen molar-refractivity contribution >= 4 is 48.2 Å². The lowest BCUT2D eigenvalue weighted by Gasteiger charge is -2.38. The van der Waals surface area contributed by atoms with Gasteiger partial charge in [0.1, 0.15) is 17.2 Å². The van der Waals surface area contributed by atoms with Gasteiger partial charge in [-0.05, 0) is 94.7 Å². The van der Waals surface area contributed by atoms with Crippen LogP contribution in [0.1, 0.15) is 99.6 Å². The van der Waals surface area contributed by atoms with Crippen molar-refractivity contribution in [2.24, 2.45) is 17.6 Å². The molecule has 0 aliphatic carbocycles. The Hall–Kier alpha value is -3.65. The molecule has 2 aromatic carbocycles. The number of benzene rings is 2. The van der Waals surface area contributed by atoms with E-state index < -0.39 is 31.7 Å². The maximum Gasteiger partial charge on any atom is 0.407 e. The summed E-state index contributed by atoms with van der Waals surface area (Å²) >= 11 is 0. The highest BCUT2D eigenvalue weighted by atomic mass is 32.2. The Balaban J connectivity index is 0.000000193. The van der Waals surface area contributed by atoms with Crippen LogP contribution < -0.4 is 11.1 Å². The van der Waals surface area contributed by atoms with Crippen molar-refractivity contribution in [1.29, 1.82) is 0 Å². The Morgan fingerprint density at radius 2 is 1.08 bits per heavy atom. The fourth-order valence-electron chi connectivity index (χ4n) is 8.59. The second-order valence-electron chi connectivity index (χ2n) is 20.8. The second kappa shape index (κ2) is 18.0. The highest BCUT2D eigenvalue weighted by molar-refractivity contribution is 7.89. The Bertz CT molecular complexity index is 2490. The van der Waals surface area contributed by atoms with Crippen LogP contribution in [0.3, 0.4) is 0 Å². The third-order valence-corrected chi connectivity index (χ3v) is 15.7. The average Bonchev–Trinajstić information content (AvgIpc) is 3.73. The zero-order chi connectivity index (χ0) is 45.7. The number of rotatable bonds is 9. The molecule has 348 valence electrons. The largest absolute Gasteiger partial charge is 0.444 e. The van der Waals surface area contributed by atoms with Crippen LogP contribution in [0.5, 0.6) is 0 Å². The number of nitrogens with zero attached hydrogens (tertiary/aromatic N) is 6. The molecule has 16 nitrogen and oxygen atoms in total. The van der Waals surface area contributed by atoms with E-state index in [4.69, 9.17) is 29.9 Å². The molecule has 63 heavy (non-hydrogen) atoms. The fourth-order valence-corrected chi connectivity index (χ4v) is 11.7. The number of amides is 1. The molecule has 0 spiro atoms. The summed E-state index contributed by atoms with van der Waals surface area (Å²) in [6.07, 6.45) is 3.59. The van der Waals surface area contributed by atoms with Gasteiger partial charge in [0.05, 0.1) is 37.9 Å². The summed E-state index contributed by atoms with van der Waals surface area (Å²) in [6, 6.07) is 10.2. The Labute approximate surface area is 373 Å². The summed E-state index contributed by atoms with van der Waals surface area (Å²) in [5, 5.41) is 2.73. The topological polar surface area (TPSA) is 193 Å². The first-order valence-electron chi connectivity index (χ1n) is 22.3. The van der Waals surface area contributed by atoms with E-state index in [1.807, 2.05) is 12.1 Å². The van der Waals surface area contributed by atoms with Crippen molar-refractivity contribution in [2.75, 3.05) is 52.6 Å². The van der Waals surface area contributed by atoms with Crippen molar-refractivity contribution < 1.29 is 35.8 Å². The molecule has 4 aliphatic heterocycles. The fraction of sp³-hybridized carbons (Fsp3) is 0.667. The molecule has 6 heterocycles. The zero-order valence-electron chi connectivity index (χ0n) is 38.5. The molecule has 18 heteroatoms. The van der Waals surface area contributed by atoms with Crippen LogP contribution >= 0.6 is 0 Å². The maximum absolute atomic E-state index is 13.3. The highest BCUT2D eigenvalue weighted by Crippen LogP contribution is 2.34. The minimum Gasteiger partial charge on any atom is -0.444 e.